The van der Waals surface area contributed by atoms with E-state index in [0.29, 0.717) is 0 Å². The summed E-state index contributed by atoms with van der Waals surface area (Å²) in [5.41, 5.74) is 0. The molecule has 17 heavy (non-hydrogen) atoms. The highest BCUT2D eigenvalue weighted by Gasteiger charge is 2.05. The highest BCUT2D eigenvalue weighted by atomic mass is 14.1. The number of allylic oxidation sites excluding steroid dienone is 4. The van der Waals surface area contributed by atoms with Crippen LogP contribution in [-0.2, 0) is 0 Å². The van der Waals surface area contributed by atoms with Gasteiger partial charge in [0.05, 0.1) is 0 Å². The van der Waals surface area contributed by atoms with E-state index >= 15 is 0 Å². The summed E-state index contributed by atoms with van der Waals surface area (Å²) in [6.07, 6.45) is 24.9. The second-order valence-corrected chi connectivity index (χ2v) is 5.43. The van der Waals surface area contributed by atoms with Gasteiger partial charge in [0.2, 0.25) is 0 Å². The van der Waals surface area contributed by atoms with Crippen molar-refractivity contribution in [1.29, 1.82) is 0 Å². The van der Waals surface area contributed by atoms with Gasteiger partial charge in [-0.25, -0.2) is 0 Å². The van der Waals surface area contributed by atoms with Crippen LogP contribution in [0.2, 0.25) is 0 Å². The number of hydrogen-bond donors (Lipinski definition) is 0. The van der Waals surface area contributed by atoms with Crippen LogP contribution < -0.4 is 0 Å². The van der Waals surface area contributed by atoms with Crippen molar-refractivity contribution >= 4 is 0 Å². The van der Waals surface area contributed by atoms with E-state index < -0.39 is 0 Å². The topological polar surface area (TPSA) is 0 Å². The van der Waals surface area contributed by atoms with Gasteiger partial charge >= 0.3 is 0 Å². The van der Waals surface area contributed by atoms with Gasteiger partial charge in [-0.2, -0.15) is 0 Å². The standard InChI is InChI=1S/C17H30/c1-2-3-11-14-17-15-12-9-7-5-4-6-8-10-13-16-17/h2-3,11,14,17H,4-10,12-13,15-16H2,1H3. The van der Waals surface area contributed by atoms with Crippen molar-refractivity contribution in [2.45, 2.75) is 77.6 Å². The summed E-state index contributed by atoms with van der Waals surface area (Å²) in [6, 6.07) is 0. The molecule has 0 aromatic rings. The Labute approximate surface area is 108 Å². The van der Waals surface area contributed by atoms with Crippen LogP contribution in [0.4, 0.5) is 0 Å². The Morgan fingerprint density at radius 2 is 1.12 bits per heavy atom. The molecule has 1 fully saturated rings. The lowest BCUT2D eigenvalue weighted by Gasteiger charge is -2.13. The van der Waals surface area contributed by atoms with Crippen LogP contribution in [0.15, 0.2) is 24.3 Å². The van der Waals surface area contributed by atoms with E-state index in [1.807, 2.05) is 0 Å². The van der Waals surface area contributed by atoms with E-state index in [-0.39, 0.29) is 0 Å². The maximum Gasteiger partial charge on any atom is -0.0230 e. The van der Waals surface area contributed by atoms with Crippen molar-refractivity contribution < 1.29 is 0 Å². The van der Waals surface area contributed by atoms with Gasteiger partial charge in [-0.1, -0.05) is 82.1 Å². The predicted octanol–water partition coefficient (Wildman–Crippen LogP) is 6.04. The highest BCUT2D eigenvalue weighted by Crippen LogP contribution is 2.21. The molecular formula is C17H30. The molecule has 0 N–H and O–H groups in total. The summed E-state index contributed by atoms with van der Waals surface area (Å²) >= 11 is 0. The normalized spacial score (nSPS) is 22.6. The Kier molecular flexibility index (Phi) is 9.09. The van der Waals surface area contributed by atoms with Crippen molar-refractivity contribution in [1.82, 2.24) is 0 Å². The molecular weight excluding hydrogens is 204 g/mol. The largest absolute Gasteiger partial charge is 0.0877 e. The van der Waals surface area contributed by atoms with Gasteiger partial charge in [-0.15, -0.1) is 0 Å². The number of rotatable bonds is 2. The van der Waals surface area contributed by atoms with Crippen LogP contribution >= 0.6 is 0 Å². The van der Waals surface area contributed by atoms with Crippen LogP contribution in [0.25, 0.3) is 0 Å². The zero-order valence-corrected chi connectivity index (χ0v) is 11.7. The fourth-order valence-electron chi connectivity index (χ4n) is 2.72. The van der Waals surface area contributed by atoms with Crippen molar-refractivity contribution in [2.75, 3.05) is 0 Å². The second kappa shape index (κ2) is 10.6. The molecule has 0 heterocycles. The van der Waals surface area contributed by atoms with Gasteiger partial charge in [-0.3, -0.25) is 0 Å². The van der Waals surface area contributed by atoms with Gasteiger partial charge in [0, 0.05) is 0 Å². The molecule has 0 radical (unpaired) electrons. The van der Waals surface area contributed by atoms with E-state index in [9.17, 15) is 0 Å². The minimum absolute atomic E-state index is 0.839. The summed E-state index contributed by atoms with van der Waals surface area (Å²) < 4.78 is 0. The number of hydrogen-bond acceptors (Lipinski definition) is 0. The van der Waals surface area contributed by atoms with Gasteiger partial charge in [0.25, 0.3) is 0 Å². The molecule has 0 saturated heterocycles. The molecule has 1 saturated carbocycles. The molecule has 0 nitrogen and oxygen atoms in total. The van der Waals surface area contributed by atoms with Gasteiger partial charge < -0.3 is 0 Å². The minimum Gasteiger partial charge on any atom is -0.0877 e. The Morgan fingerprint density at radius 1 is 0.647 bits per heavy atom. The zero-order valence-electron chi connectivity index (χ0n) is 11.7. The van der Waals surface area contributed by atoms with Crippen molar-refractivity contribution in [2.24, 2.45) is 5.92 Å². The molecule has 0 amide bonds. The van der Waals surface area contributed by atoms with E-state index in [0.717, 1.165) is 5.92 Å². The zero-order chi connectivity index (χ0) is 12.2. The van der Waals surface area contributed by atoms with Crippen LogP contribution in [-0.4, -0.2) is 0 Å². The molecule has 1 aliphatic rings. The SMILES string of the molecule is CC=CC=CC1CCCCCCCCCCC1. The quantitative estimate of drug-likeness (QED) is 0.511. The fourth-order valence-corrected chi connectivity index (χ4v) is 2.72. The summed E-state index contributed by atoms with van der Waals surface area (Å²) in [5, 5.41) is 0. The summed E-state index contributed by atoms with van der Waals surface area (Å²) in [7, 11) is 0. The van der Waals surface area contributed by atoms with Gasteiger partial charge in [0.15, 0.2) is 0 Å². The molecule has 98 valence electrons. The van der Waals surface area contributed by atoms with Crippen LogP contribution in [0, 0.1) is 5.92 Å². The molecule has 0 unspecified atom stereocenters. The Hall–Kier alpha value is -0.520. The minimum atomic E-state index is 0.839. The molecule has 0 spiro atoms. The Morgan fingerprint density at radius 3 is 1.59 bits per heavy atom. The van der Waals surface area contributed by atoms with Crippen LogP contribution in [0.5, 0.6) is 0 Å². The summed E-state index contributed by atoms with van der Waals surface area (Å²) in [4.78, 5) is 0. The first-order chi connectivity index (χ1) is 8.43. The van der Waals surface area contributed by atoms with Crippen molar-refractivity contribution in [3.05, 3.63) is 24.3 Å². The molecule has 0 aromatic carbocycles. The Balaban J connectivity index is 2.31. The van der Waals surface area contributed by atoms with E-state index in [1.165, 1.54) is 70.6 Å². The predicted molar refractivity (Wildman–Crippen MR) is 78.2 cm³/mol. The van der Waals surface area contributed by atoms with Crippen molar-refractivity contribution in [3.63, 3.8) is 0 Å². The average molecular weight is 234 g/mol. The first-order valence-electron chi connectivity index (χ1n) is 7.73. The molecule has 0 atom stereocenters. The highest BCUT2D eigenvalue weighted by molar-refractivity contribution is 5.03. The molecule has 1 aliphatic carbocycles. The molecule has 0 aliphatic heterocycles. The van der Waals surface area contributed by atoms with Crippen LogP contribution in [0.1, 0.15) is 77.6 Å². The Bertz CT molecular complexity index is 200. The van der Waals surface area contributed by atoms with E-state index in [1.54, 1.807) is 0 Å². The molecule has 0 bridgehead atoms. The lowest BCUT2D eigenvalue weighted by atomic mass is 9.92. The maximum atomic E-state index is 2.44. The maximum absolute atomic E-state index is 2.44. The first-order valence-corrected chi connectivity index (χ1v) is 7.73. The van der Waals surface area contributed by atoms with Crippen LogP contribution in [0.3, 0.4) is 0 Å². The van der Waals surface area contributed by atoms with E-state index in [4.69, 9.17) is 0 Å². The average Bonchev–Trinajstić information content (AvgIpc) is 2.32. The van der Waals surface area contributed by atoms with E-state index in [2.05, 4.69) is 31.2 Å². The molecule has 0 aromatic heterocycles. The molecule has 1 rings (SSSR count). The third-order valence-electron chi connectivity index (χ3n) is 3.84. The smallest absolute Gasteiger partial charge is 0.0230 e. The summed E-state index contributed by atoms with van der Waals surface area (Å²) in [5.74, 6) is 0.839. The fraction of sp³-hybridized carbons (Fsp3) is 0.765. The van der Waals surface area contributed by atoms with Gasteiger partial charge in [0.1, 0.15) is 0 Å². The third-order valence-corrected chi connectivity index (χ3v) is 3.84. The lowest BCUT2D eigenvalue weighted by Crippen LogP contribution is -1.98. The molecule has 0 heteroatoms. The summed E-state index contributed by atoms with van der Waals surface area (Å²) in [6.45, 7) is 2.09. The van der Waals surface area contributed by atoms with Gasteiger partial charge in [-0.05, 0) is 25.7 Å². The monoisotopic (exact) mass is 234 g/mol. The third kappa shape index (κ3) is 8.24. The second-order valence-electron chi connectivity index (χ2n) is 5.43. The van der Waals surface area contributed by atoms with Crippen molar-refractivity contribution in [3.8, 4) is 0 Å². The lowest BCUT2D eigenvalue weighted by molar-refractivity contribution is 0.449. The first kappa shape index (κ1) is 14.5.